The van der Waals surface area contributed by atoms with Crippen LogP contribution in [0.4, 0.5) is 0 Å². The first-order chi connectivity index (χ1) is 10.2. The predicted molar refractivity (Wildman–Crippen MR) is 83.8 cm³/mol. The summed E-state index contributed by atoms with van der Waals surface area (Å²) in [5.74, 6) is 1.64. The van der Waals surface area contributed by atoms with Crippen LogP contribution >= 0.6 is 0 Å². The average molecular weight is 291 g/mol. The molecule has 1 fully saturated rings. The van der Waals surface area contributed by atoms with Crippen molar-refractivity contribution in [1.82, 2.24) is 5.32 Å². The average Bonchev–Trinajstić information content (AvgIpc) is 2.53. The lowest BCUT2D eigenvalue weighted by Gasteiger charge is -2.30. The Morgan fingerprint density at radius 2 is 2.19 bits per heavy atom. The summed E-state index contributed by atoms with van der Waals surface area (Å²) in [5, 5.41) is 15.5. The third-order valence-electron chi connectivity index (χ3n) is 4.35. The molecule has 1 aliphatic rings. The van der Waals surface area contributed by atoms with Crippen LogP contribution in [0, 0.1) is 5.92 Å². The highest BCUT2D eigenvalue weighted by Crippen LogP contribution is 2.25. The van der Waals surface area contributed by atoms with Crippen molar-refractivity contribution in [2.45, 2.75) is 45.2 Å². The number of nitrogens with two attached hydrogens (primary N) is 1. The molecule has 0 bridgehead atoms. The van der Waals surface area contributed by atoms with Gasteiger partial charge in [-0.05, 0) is 37.0 Å². The van der Waals surface area contributed by atoms with Crippen molar-refractivity contribution in [3.05, 3.63) is 29.3 Å². The Bertz CT molecular complexity index is 502. The number of oxime groups is 1. The molecule has 1 aliphatic carbocycles. The molecule has 4 N–H and O–H groups in total. The number of nitrogens with one attached hydrogen (secondary N) is 1. The largest absolute Gasteiger partial charge is 0.496 e. The molecule has 2 rings (SSSR count). The molecular formula is C16H25N3O2. The molecule has 0 radical (unpaired) electrons. The summed E-state index contributed by atoms with van der Waals surface area (Å²) in [6.45, 7) is 3.03. The topological polar surface area (TPSA) is 79.9 Å². The zero-order chi connectivity index (χ0) is 15.2. The molecule has 0 aromatic heterocycles. The number of benzene rings is 1. The van der Waals surface area contributed by atoms with Gasteiger partial charge in [0, 0.05) is 23.7 Å². The fourth-order valence-corrected chi connectivity index (χ4v) is 2.99. The van der Waals surface area contributed by atoms with Crippen LogP contribution in [0.1, 0.15) is 43.7 Å². The first kappa shape index (κ1) is 15.6. The molecule has 2 atom stereocenters. The summed E-state index contributed by atoms with van der Waals surface area (Å²) in [7, 11) is 1.66. The molecular weight excluding hydrogens is 266 g/mol. The lowest BCUT2D eigenvalue weighted by molar-refractivity contribution is 0.278. The molecule has 1 aromatic rings. The standard InChI is InChI=1S/C16H25N3O2/c1-11-5-3-4-6-14(11)18-10-13-9-12(16(17)19-20)7-8-15(13)21-2/h7-9,11,14,18,20H,3-6,10H2,1-2H3,(H2,17,19). The normalized spacial score (nSPS) is 23.0. The van der Waals surface area contributed by atoms with Crippen LogP contribution in [-0.2, 0) is 6.54 Å². The molecule has 21 heavy (non-hydrogen) atoms. The van der Waals surface area contributed by atoms with Crippen molar-refractivity contribution in [2.75, 3.05) is 7.11 Å². The summed E-state index contributed by atoms with van der Waals surface area (Å²) in [4.78, 5) is 0. The Labute approximate surface area is 126 Å². The lowest BCUT2D eigenvalue weighted by Crippen LogP contribution is -2.36. The smallest absolute Gasteiger partial charge is 0.170 e. The van der Waals surface area contributed by atoms with Gasteiger partial charge < -0.3 is 21.0 Å². The minimum atomic E-state index is 0.116. The van der Waals surface area contributed by atoms with E-state index in [0.29, 0.717) is 17.5 Å². The zero-order valence-corrected chi connectivity index (χ0v) is 12.8. The number of ether oxygens (including phenoxy) is 1. The number of hydrogen-bond donors (Lipinski definition) is 3. The summed E-state index contributed by atoms with van der Waals surface area (Å²) < 4.78 is 5.40. The summed E-state index contributed by atoms with van der Waals surface area (Å²) in [5.41, 5.74) is 7.38. The Morgan fingerprint density at radius 1 is 1.43 bits per heavy atom. The first-order valence-electron chi connectivity index (χ1n) is 7.54. The van der Waals surface area contributed by atoms with E-state index in [1.165, 1.54) is 25.7 Å². The second-order valence-corrected chi connectivity index (χ2v) is 5.76. The lowest BCUT2D eigenvalue weighted by atomic mass is 9.86. The van der Waals surface area contributed by atoms with Crippen LogP contribution in [0.25, 0.3) is 0 Å². The third-order valence-corrected chi connectivity index (χ3v) is 4.35. The molecule has 1 saturated carbocycles. The first-order valence-corrected chi connectivity index (χ1v) is 7.54. The highest BCUT2D eigenvalue weighted by Gasteiger charge is 2.21. The van der Waals surface area contributed by atoms with E-state index >= 15 is 0 Å². The van der Waals surface area contributed by atoms with Crippen LogP contribution in [0.5, 0.6) is 5.75 Å². The Kier molecular flexibility index (Phi) is 5.44. The van der Waals surface area contributed by atoms with E-state index in [0.717, 1.165) is 17.9 Å². The number of hydrogen-bond acceptors (Lipinski definition) is 4. The SMILES string of the molecule is COc1ccc(/C(N)=N/O)cc1CNC1CCCCC1C. The Balaban J connectivity index is 2.10. The van der Waals surface area contributed by atoms with E-state index in [2.05, 4.69) is 17.4 Å². The van der Waals surface area contributed by atoms with Crippen molar-refractivity contribution in [2.24, 2.45) is 16.8 Å². The van der Waals surface area contributed by atoms with Crippen LogP contribution in [0.3, 0.4) is 0 Å². The zero-order valence-electron chi connectivity index (χ0n) is 12.8. The molecule has 1 aromatic carbocycles. The molecule has 0 spiro atoms. The van der Waals surface area contributed by atoms with Gasteiger partial charge in [0.25, 0.3) is 0 Å². The van der Waals surface area contributed by atoms with Crippen LogP contribution in [0.2, 0.25) is 0 Å². The van der Waals surface area contributed by atoms with Gasteiger partial charge in [0.05, 0.1) is 7.11 Å². The second-order valence-electron chi connectivity index (χ2n) is 5.76. The third kappa shape index (κ3) is 3.88. The van der Waals surface area contributed by atoms with E-state index < -0.39 is 0 Å². The van der Waals surface area contributed by atoms with Crippen LogP contribution in [-0.4, -0.2) is 24.2 Å². The van der Waals surface area contributed by atoms with Crippen molar-refractivity contribution in [3.8, 4) is 5.75 Å². The number of methoxy groups -OCH3 is 1. The van der Waals surface area contributed by atoms with Crippen molar-refractivity contribution in [3.63, 3.8) is 0 Å². The summed E-state index contributed by atoms with van der Waals surface area (Å²) >= 11 is 0. The molecule has 116 valence electrons. The van der Waals surface area contributed by atoms with Crippen molar-refractivity contribution < 1.29 is 9.94 Å². The second kappa shape index (κ2) is 7.31. The van der Waals surface area contributed by atoms with Crippen molar-refractivity contribution >= 4 is 5.84 Å². The predicted octanol–water partition coefficient (Wildman–Crippen LogP) is 2.46. The van der Waals surface area contributed by atoms with Gasteiger partial charge in [-0.15, -0.1) is 0 Å². The molecule has 0 aliphatic heterocycles. The molecule has 0 saturated heterocycles. The molecule has 2 unspecified atom stereocenters. The Hall–Kier alpha value is -1.75. The maximum atomic E-state index is 8.79. The maximum Gasteiger partial charge on any atom is 0.170 e. The highest BCUT2D eigenvalue weighted by molar-refractivity contribution is 5.97. The molecule has 0 amide bonds. The molecule has 0 heterocycles. The van der Waals surface area contributed by atoms with Gasteiger partial charge in [-0.3, -0.25) is 0 Å². The summed E-state index contributed by atoms with van der Waals surface area (Å²) in [6, 6.07) is 6.11. The Morgan fingerprint density at radius 3 is 2.86 bits per heavy atom. The fourth-order valence-electron chi connectivity index (χ4n) is 2.99. The fraction of sp³-hybridized carbons (Fsp3) is 0.562. The van der Waals surface area contributed by atoms with Gasteiger partial charge in [0.2, 0.25) is 0 Å². The van der Waals surface area contributed by atoms with Gasteiger partial charge in [-0.1, -0.05) is 24.9 Å². The van der Waals surface area contributed by atoms with Crippen LogP contribution < -0.4 is 15.8 Å². The monoisotopic (exact) mass is 291 g/mol. The van der Waals surface area contributed by atoms with Gasteiger partial charge >= 0.3 is 0 Å². The molecule has 5 nitrogen and oxygen atoms in total. The van der Waals surface area contributed by atoms with Gasteiger partial charge in [0.1, 0.15) is 5.75 Å². The quantitative estimate of drug-likeness (QED) is 0.337. The number of amidine groups is 1. The van der Waals surface area contributed by atoms with Gasteiger partial charge in [-0.2, -0.15) is 0 Å². The van der Waals surface area contributed by atoms with Gasteiger partial charge in [-0.25, -0.2) is 0 Å². The van der Waals surface area contributed by atoms with E-state index in [4.69, 9.17) is 15.7 Å². The number of nitrogens with zero attached hydrogens (tertiary/aromatic N) is 1. The molecule has 5 heteroatoms. The summed E-state index contributed by atoms with van der Waals surface area (Å²) in [6.07, 6.45) is 5.15. The maximum absolute atomic E-state index is 8.79. The van der Waals surface area contributed by atoms with Crippen LogP contribution in [0.15, 0.2) is 23.4 Å². The van der Waals surface area contributed by atoms with Crippen molar-refractivity contribution in [1.29, 1.82) is 0 Å². The van der Waals surface area contributed by atoms with E-state index in [-0.39, 0.29) is 5.84 Å². The minimum absolute atomic E-state index is 0.116. The highest BCUT2D eigenvalue weighted by atomic mass is 16.5. The van der Waals surface area contributed by atoms with E-state index in [1.54, 1.807) is 13.2 Å². The van der Waals surface area contributed by atoms with E-state index in [1.807, 2.05) is 12.1 Å². The van der Waals surface area contributed by atoms with E-state index in [9.17, 15) is 0 Å². The number of rotatable bonds is 5. The minimum Gasteiger partial charge on any atom is -0.496 e. The van der Waals surface area contributed by atoms with Gasteiger partial charge in [0.15, 0.2) is 5.84 Å².